The molecule has 0 aromatic rings. The summed E-state index contributed by atoms with van der Waals surface area (Å²) in [6.45, 7) is 5.02. The summed E-state index contributed by atoms with van der Waals surface area (Å²) in [5.41, 5.74) is -0.320. The Labute approximate surface area is 127 Å². The summed E-state index contributed by atoms with van der Waals surface area (Å²) in [5, 5.41) is 6.08. The molecule has 1 fully saturated rings. The van der Waals surface area contributed by atoms with Crippen LogP contribution in [0.1, 0.15) is 32.6 Å². The third-order valence-electron chi connectivity index (χ3n) is 4.00. The highest BCUT2D eigenvalue weighted by atomic mass is 16.5. The molecule has 1 heterocycles. The molecule has 122 valence electrons. The fourth-order valence-electron chi connectivity index (χ4n) is 2.92. The lowest BCUT2D eigenvalue weighted by Gasteiger charge is -2.31. The first kappa shape index (κ1) is 17.9. The van der Waals surface area contributed by atoms with Crippen LogP contribution in [0.5, 0.6) is 0 Å². The van der Waals surface area contributed by atoms with E-state index in [1.54, 1.807) is 19.1 Å². The van der Waals surface area contributed by atoms with E-state index in [-0.39, 0.29) is 23.8 Å². The largest absolute Gasteiger partial charge is 0.385 e. The number of ether oxygens (including phenoxy) is 1. The predicted octanol–water partition coefficient (Wildman–Crippen LogP) is 0.377. The molecule has 0 aromatic heterocycles. The first-order valence-corrected chi connectivity index (χ1v) is 7.77. The Kier molecular flexibility index (Phi) is 7.67. The van der Waals surface area contributed by atoms with Crippen LogP contribution in [-0.4, -0.2) is 63.7 Å². The molecule has 0 saturated carbocycles. The maximum absolute atomic E-state index is 12.7. The lowest BCUT2D eigenvalue weighted by molar-refractivity contribution is -0.143. The third kappa shape index (κ3) is 5.28. The molecule has 0 radical (unpaired) electrons. The number of likely N-dealkylation sites (N-methyl/N-ethyl adjacent to an activating group) is 1. The van der Waals surface area contributed by atoms with E-state index in [0.717, 1.165) is 38.8 Å². The zero-order chi connectivity index (χ0) is 15.7. The minimum Gasteiger partial charge on any atom is -0.385 e. The molecular formula is C15H29N3O3. The molecular weight excluding hydrogens is 270 g/mol. The van der Waals surface area contributed by atoms with Gasteiger partial charge in [-0.05, 0) is 25.8 Å². The van der Waals surface area contributed by atoms with Crippen molar-refractivity contribution >= 4 is 11.8 Å². The van der Waals surface area contributed by atoms with Crippen molar-refractivity contribution in [1.29, 1.82) is 0 Å². The van der Waals surface area contributed by atoms with Crippen LogP contribution in [0.4, 0.5) is 0 Å². The minimum atomic E-state index is -0.320. The molecule has 1 aliphatic heterocycles. The van der Waals surface area contributed by atoms with Crippen molar-refractivity contribution in [2.24, 2.45) is 5.41 Å². The number of hydrogen-bond donors (Lipinski definition) is 2. The van der Waals surface area contributed by atoms with E-state index < -0.39 is 0 Å². The Morgan fingerprint density at radius 3 is 2.76 bits per heavy atom. The van der Waals surface area contributed by atoms with Gasteiger partial charge in [-0.1, -0.05) is 13.3 Å². The van der Waals surface area contributed by atoms with Gasteiger partial charge >= 0.3 is 0 Å². The molecule has 0 aliphatic carbocycles. The SMILES string of the molecule is CCCC1(C(=O)N(C)CC(=O)NCCCOC)CCNC1. The molecule has 1 saturated heterocycles. The number of rotatable bonds is 9. The molecule has 6 heteroatoms. The van der Waals surface area contributed by atoms with Gasteiger partial charge in [0, 0.05) is 33.9 Å². The summed E-state index contributed by atoms with van der Waals surface area (Å²) in [7, 11) is 3.35. The quantitative estimate of drug-likeness (QED) is 0.604. The summed E-state index contributed by atoms with van der Waals surface area (Å²) >= 11 is 0. The van der Waals surface area contributed by atoms with Crippen molar-refractivity contribution in [3.05, 3.63) is 0 Å². The molecule has 1 rings (SSSR count). The zero-order valence-electron chi connectivity index (χ0n) is 13.5. The summed E-state index contributed by atoms with van der Waals surface area (Å²) in [6.07, 6.45) is 3.49. The molecule has 0 aromatic carbocycles. The van der Waals surface area contributed by atoms with E-state index in [0.29, 0.717) is 13.2 Å². The predicted molar refractivity (Wildman–Crippen MR) is 82.0 cm³/mol. The van der Waals surface area contributed by atoms with Crippen LogP contribution in [0.25, 0.3) is 0 Å². The van der Waals surface area contributed by atoms with Gasteiger partial charge in [-0.15, -0.1) is 0 Å². The summed E-state index contributed by atoms with van der Waals surface area (Å²) in [4.78, 5) is 26.1. The second-order valence-corrected chi connectivity index (χ2v) is 5.81. The molecule has 2 amide bonds. The molecule has 6 nitrogen and oxygen atoms in total. The van der Waals surface area contributed by atoms with Crippen LogP contribution in [0.3, 0.4) is 0 Å². The van der Waals surface area contributed by atoms with Gasteiger partial charge in [0.1, 0.15) is 0 Å². The second-order valence-electron chi connectivity index (χ2n) is 5.81. The van der Waals surface area contributed by atoms with Gasteiger partial charge in [0.2, 0.25) is 11.8 Å². The second kappa shape index (κ2) is 9.00. The van der Waals surface area contributed by atoms with Crippen LogP contribution >= 0.6 is 0 Å². The lowest BCUT2D eigenvalue weighted by Crippen LogP contribution is -2.47. The Morgan fingerprint density at radius 2 is 2.19 bits per heavy atom. The van der Waals surface area contributed by atoms with Crippen LogP contribution < -0.4 is 10.6 Å². The highest BCUT2D eigenvalue weighted by Gasteiger charge is 2.42. The van der Waals surface area contributed by atoms with E-state index in [2.05, 4.69) is 17.6 Å². The Hall–Kier alpha value is -1.14. The molecule has 0 bridgehead atoms. The highest BCUT2D eigenvalue weighted by Crippen LogP contribution is 2.32. The minimum absolute atomic E-state index is 0.0846. The number of carbonyl (C=O) groups is 2. The van der Waals surface area contributed by atoms with E-state index in [9.17, 15) is 9.59 Å². The molecule has 0 spiro atoms. The normalized spacial score (nSPS) is 21.3. The molecule has 1 aliphatic rings. The summed E-state index contributed by atoms with van der Waals surface area (Å²) < 4.78 is 4.93. The van der Waals surface area contributed by atoms with E-state index in [1.165, 1.54) is 0 Å². The third-order valence-corrected chi connectivity index (χ3v) is 4.00. The maximum atomic E-state index is 12.7. The number of nitrogens with zero attached hydrogens (tertiary/aromatic N) is 1. The highest BCUT2D eigenvalue weighted by molar-refractivity contribution is 5.88. The van der Waals surface area contributed by atoms with Crippen molar-refractivity contribution in [2.75, 3.05) is 46.9 Å². The number of nitrogens with one attached hydrogen (secondary N) is 2. The lowest BCUT2D eigenvalue weighted by atomic mass is 9.81. The Balaban J connectivity index is 2.44. The van der Waals surface area contributed by atoms with Crippen molar-refractivity contribution in [3.8, 4) is 0 Å². The number of methoxy groups -OCH3 is 1. The van der Waals surface area contributed by atoms with Gasteiger partial charge in [-0.2, -0.15) is 0 Å². The van der Waals surface area contributed by atoms with Crippen molar-refractivity contribution in [3.63, 3.8) is 0 Å². The number of hydrogen-bond acceptors (Lipinski definition) is 4. The van der Waals surface area contributed by atoms with Crippen molar-refractivity contribution in [2.45, 2.75) is 32.6 Å². The Morgan fingerprint density at radius 1 is 1.43 bits per heavy atom. The fourth-order valence-corrected chi connectivity index (χ4v) is 2.92. The van der Waals surface area contributed by atoms with Crippen LogP contribution in [0.2, 0.25) is 0 Å². The Bertz CT molecular complexity index is 341. The van der Waals surface area contributed by atoms with Gasteiger partial charge in [0.05, 0.1) is 12.0 Å². The fraction of sp³-hybridized carbons (Fsp3) is 0.867. The van der Waals surface area contributed by atoms with Crippen LogP contribution in [0, 0.1) is 5.41 Å². The molecule has 1 atom stereocenters. The van der Waals surface area contributed by atoms with Gasteiger partial charge < -0.3 is 20.3 Å². The first-order chi connectivity index (χ1) is 10.1. The summed E-state index contributed by atoms with van der Waals surface area (Å²) in [5.74, 6) is -0.0269. The molecule has 21 heavy (non-hydrogen) atoms. The topological polar surface area (TPSA) is 70.7 Å². The maximum Gasteiger partial charge on any atom is 0.239 e. The van der Waals surface area contributed by atoms with Gasteiger partial charge in [-0.3, -0.25) is 9.59 Å². The first-order valence-electron chi connectivity index (χ1n) is 7.77. The molecule has 1 unspecified atom stereocenters. The van der Waals surface area contributed by atoms with E-state index in [4.69, 9.17) is 4.74 Å². The number of amides is 2. The van der Waals surface area contributed by atoms with E-state index >= 15 is 0 Å². The smallest absolute Gasteiger partial charge is 0.239 e. The summed E-state index contributed by atoms with van der Waals surface area (Å²) in [6, 6.07) is 0. The number of carbonyl (C=O) groups excluding carboxylic acids is 2. The average Bonchev–Trinajstić information content (AvgIpc) is 2.93. The molecule has 2 N–H and O–H groups in total. The van der Waals surface area contributed by atoms with Gasteiger partial charge in [0.15, 0.2) is 0 Å². The monoisotopic (exact) mass is 299 g/mol. The standard InChI is InChI=1S/C15H29N3O3/c1-4-6-15(7-9-16-12-15)14(20)18(2)11-13(19)17-8-5-10-21-3/h16H,4-12H2,1-3H3,(H,17,19). The average molecular weight is 299 g/mol. The van der Waals surface area contributed by atoms with Gasteiger partial charge in [0.25, 0.3) is 0 Å². The van der Waals surface area contributed by atoms with Crippen LogP contribution in [0.15, 0.2) is 0 Å². The van der Waals surface area contributed by atoms with Crippen molar-refractivity contribution < 1.29 is 14.3 Å². The van der Waals surface area contributed by atoms with Crippen molar-refractivity contribution in [1.82, 2.24) is 15.5 Å². The van der Waals surface area contributed by atoms with Gasteiger partial charge in [-0.25, -0.2) is 0 Å². The van der Waals surface area contributed by atoms with Crippen LogP contribution in [-0.2, 0) is 14.3 Å². The van der Waals surface area contributed by atoms with E-state index in [1.807, 2.05) is 0 Å². The zero-order valence-corrected chi connectivity index (χ0v) is 13.5.